The second-order valence-electron chi connectivity index (χ2n) is 6.53. The highest BCUT2D eigenvalue weighted by Gasteiger charge is 2.21. The molecule has 0 spiro atoms. The number of aromatic nitrogens is 5. The number of aliphatic hydroxyl groups excluding tert-OH is 1. The lowest BCUT2D eigenvalue weighted by Gasteiger charge is -2.14. The van der Waals surface area contributed by atoms with Crippen LogP contribution in [0, 0.1) is 6.92 Å². The average Bonchev–Trinajstić information content (AvgIpc) is 3.35. The van der Waals surface area contributed by atoms with Crippen LogP contribution in [-0.2, 0) is 4.79 Å². The summed E-state index contributed by atoms with van der Waals surface area (Å²) in [6.07, 6.45) is 6.58. The number of aliphatic carboxylic acids is 1. The number of nitrogens with zero attached hydrogens (tertiary/aromatic N) is 3. The lowest BCUT2D eigenvalue weighted by atomic mass is 10.2. The number of benzene rings is 1. The molecule has 4 rings (SSSR count). The first-order chi connectivity index (χ1) is 14.0. The molecule has 0 saturated heterocycles. The van der Waals surface area contributed by atoms with E-state index in [9.17, 15) is 19.8 Å². The smallest absolute Gasteiger partial charge is 0.328 e. The normalized spacial score (nSPS) is 12.2. The van der Waals surface area contributed by atoms with Gasteiger partial charge in [0.15, 0.2) is 0 Å². The Balaban J connectivity index is 1.84. The summed E-state index contributed by atoms with van der Waals surface area (Å²) in [5.41, 5.74) is 3.16. The number of aliphatic hydroxyl groups is 1. The van der Waals surface area contributed by atoms with Crippen molar-refractivity contribution in [2.75, 3.05) is 11.9 Å². The number of aromatic amines is 2. The molecule has 0 fully saturated rings. The summed E-state index contributed by atoms with van der Waals surface area (Å²) in [6, 6.07) is 4.11. The minimum absolute atomic E-state index is 0.159. The van der Waals surface area contributed by atoms with E-state index in [0.29, 0.717) is 5.52 Å². The van der Waals surface area contributed by atoms with E-state index in [2.05, 4.69) is 25.3 Å². The van der Waals surface area contributed by atoms with Crippen LogP contribution in [-0.4, -0.2) is 53.3 Å². The number of fused-ring (bicyclic) bond motifs is 1. The first-order valence-electron chi connectivity index (χ1n) is 8.79. The Labute approximate surface area is 163 Å². The Bertz CT molecular complexity index is 1240. The number of aryl methyl sites for hydroxylation is 1. The fraction of sp³-hybridized carbons (Fsp3) is 0.158. The molecule has 0 unspecified atom stereocenters. The van der Waals surface area contributed by atoms with Crippen molar-refractivity contribution in [1.29, 1.82) is 0 Å². The highest BCUT2D eigenvalue weighted by Crippen LogP contribution is 2.27. The molecular weight excluding hydrogens is 376 g/mol. The van der Waals surface area contributed by atoms with E-state index in [0.717, 1.165) is 16.8 Å². The quantitative estimate of drug-likeness (QED) is 0.331. The molecule has 0 aliphatic heterocycles. The lowest BCUT2D eigenvalue weighted by Crippen LogP contribution is -2.33. The van der Waals surface area contributed by atoms with E-state index in [1.165, 1.54) is 12.3 Å². The van der Waals surface area contributed by atoms with Crippen LogP contribution < -0.4 is 10.9 Å². The summed E-state index contributed by atoms with van der Waals surface area (Å²) >= 11 is 0. The van der Waals surface area contributed by atoms with E-state index in [1.807, 2.05) is 29.8 Å². The number of nitrogens with one attached hydrogen (secondary N) is 3. The average molecular weight is 394 g/mol. The first-order valence-corrected chi connectivity index (χ1v) is 8.79. The summed E-state index contributed by atoms with van der Waals surface area (Å²) < 4.78 is 1.86. The van der Waals surface area contributed by atoms with Crippen molar-refractivity contribution in [3.05, 3.63) is 59.0 Å². The van der Waals surface area contributed by atoms with Crippen molar-refractivity contribution >= 4 is 22.7 Å². The van der Waals surface area contributed by atoms with Gasteiger partial charge in [-0.2, -0.15) is 0 Å². The molecule has 0 bridgehead atoms. The largest absolute Gasteiger partial charge is 0.480 e. The van der Waals surface area contributed by atoms with Crippen LogP contribution in [0.5, 0.6) is 0 Å². The van der Waals surface area contributed by atoms with Gasteiger partial charge in [-0.3, -0.25) is 4.79 Å². The molecule has 0 amide bonds. The maximum atomic E-state index is 12.5. The van der Waals surface area contributed by atoms with Gasteiger partial charge in [0, 0.05) is 24.3 Å². The molecule has 0 radical (unpaired) electrons. The van der Waals surface area contributed by atoms with Gasteiger partial charge < -0.3 is 30.1 Å². The summed E-state index contributed by atoms with van der Waals surface area (Å²) in [6.45, 7) is 1.28. The molecule has 0 saturated carbocycles. The van der Waals surface area contributed by atoms with Crippen LogP contribution in [0.25, 0.3) is 28.1 Å². The number of anilines is 1. The second kappa shape index (κ2) is 7.24. The summed E-state index contributed by atoms with van der Waals surface area (Å²) in [7, 11) is 0. The van der Waals surface area contributed by atoms with Gasteiger partial charge in [-0.25, -0.2) is 14.8 Å². The van der Waals surface area contributed by atoms with Gasteiger partial charge in [-0.15, -0.1) is 0 Å². The second-order valence-corrected chi connectivity index (χ2v) is 6.53. The zero-order valence-electron chi connectivity index (χ0n) is 15.4. The monoisotopic (exact) mass is 394 g/mol. The fourth-order valence-electron chi connectivity index (χ4n) is 3.16. The van der Waals surface area contributed by atoms with Gasteiger partial charge in [0.25, 0.3) is 5.56 Å². The van der Waals surface area contributed by atoms with E-state index >= 15 is 0 Å². The number of pyridine rings is 1. The molecule has 1 aromatic carbocycles. The maximum absolute atomic E-state index is 12.5. The SMILES string of the molecule is Cc1cc(-n2ccnc2)cc2[nH]c(-c3c(N[C@@H](CO)C(=O)O)cc[nH]c3=O)nc12. The van der Waals surface area contributed by atoms with Gasteiger partial charge in [0.05, 0.1) is 29.7 Å². The molecule has 10 nitrogen and oxygen atoms in total. The molecule has 10 heteroatoms. The predicted octanol–water partition coefficient (Wildman–Crippen LogP) is 1.27. The minimum atomic E-state index is -1.26. The van der Waals surface area contributed by atoms with Crippen molar-refractivity contribution in [3.8, 4) is 17.1 Å². The summed E-state index contributed by atoms with van der Waals surface area (Å²) in [5, 5.41) is 21.2. The van der Waals surface area contributed by atoms with E-state index in [-0.39, 0.29) is 17.1 Å². The molecule has 3 heterocycles. The molecule has 0 aliphatic rings. The van der Waals surface area contributed by atoms with Crippen LogP contribution in [0.15, 0.2) is 47.9 Å². The lowest BCUT2D eigenvalue weighted by molar-refractivity contribution is -0.138. The first kappa shape index (κ1) is 18.4. The van der Waals surface area contributed by atoms with Crippen molar-refractivity contribution in [2.45, 2.75) is 13.0 Å². The van der Waals surface area contributed by atoms with Crippen LogP contribution in [0.3, 0.4) is 0 Å². The Morgan fingerprint density at radius 2 is 2.21 bits per heavy atom. The highest BCUT2D eigenvalue weighted by molar-refractivity contribution is 5.87. The Morgan fingerprint density at radius 3 is 2.90 bits per heavy atom. The summed E-state index contributed by atoms with van der Waals surface area (Å²) in [5.74, 6) is -0.943. The summed E-state index contributed by atoms with van der Waals surface area (Å²) in [4.78, 5) is 38.1. The van der Waals surface area contributed by atoms with Crippen molar-refractivity contribution < 1.29 is 15.0 Å². The van der Waals surface area contributed by atoms with E-state index in [4.69, 9.17) is 0 Å². The third-order valence-corrected chi connectivity index (χ3v) is 4.57. The zero-order valence-corrected chi connectivity index (χ0v) is 15.4. The molecule has 148 valence electrons. The van der Waals surface area contributed by atoms with Gasteiger partial charge in [0.2, 0.25) is 0 Å². The van der Waals surface area contributed by atoms with E-state index in [1.54, 1.807) is 12.5 Å². The van der Waals surface area contributed by atoms with Gasteiger partial charge in [0.1, 0.15) is 17.4 Å². The third-order valence-electron chi connectivity index (χ3n) is 4.57. The Hall–Kier alpha value is -3.92. The topological polar surface area (TPSA) is 149 Å². The Morgan fingerprint density at radius 1 is 1.38 bits per heavy atom. The third kappa shape index (κ3) is 3.36. The van der Waals surface area contributed by atoms with Crippen molar-refractivity contribution in [2.24, 2.45) is 0 Å². The highest BCUT2D eigenvalue weighted by atomic mass is 16.4. The number of H-pyrrole nitrogens is 2. The molecule has 1 atom stereocenters. The number of hydrogen-bond acceptors (Lipinski definition) is 6. The van der Waals surface area contributed by atoms with Crippen LogP contribution in [0.1, 0.15) is 5.56 Å². The van der Waals surface area contributed by atoms with Crippen molar-refractivity contribution in [3.63, 3.8) is 0 Å². The number of carboxylic acids is 1. The maximum Gasteiger partial charge on any atom is 0.328 e. The predicted molar refractivity (Wildman–Crippen MR) is 106 cm³/mol. The van der Waals surface area contributed by atoms with Crippen molar-refractivity contribution in [1.82, 2.24) is 24.5 Å². The molecule has 0 aliphatic carbocycles. The molecule has 4 aromatic rings. The fourth-order valence-corrected chi connectivity index (χ4v) is 3.16. The molecular formula is C19H18N6O4. The zero-order chi connectivity index (χ0) is 20.5. The minimum Gasteiger partial charge on any atom is -0.480 e. The van der Waals surface area contributed by atoms with Gasteiger partial charge in [-0.05, 0) is 30.7 Å². The number of carbonyl (C=O) groups is 1. The molecule has 3 aromatic heterocycles. The van der Waals surface area contributed by atoms with Gasteiger partial charge >= 0.3 is 5.97 Å². The number of rotatable bonds is 6. The number of imidazole rings is 2. The molecule has 29 heavy (non-hydrogen) atoms. The van der Waals surface area contributed by atoms with Gasteiger partial charge in [-0.1, -0.05) is 0 Å². The van der Waals surface area contributed by atoms with E-state index < -0.39 is 24.2 Å². The van der Waals surface area contributed by atoms with Crippen LogP contribution >= 0.6 is 0 Å². The standard InChI is InChI=1S/C19H18N6O4/c1-10-6-11(25-5-4-20-9-25)7-13-16(10)24-17(23-13)15-12(2-3-21-18(15)27)22-14(8-26)19(28)29/h2-7,9,14,26H,8H2,1H3,(H,23,24)(H,28,29)(H2,21,22,27)/t14-/m0/s1. The van der Waals surface area contributed by atoms with Crippen LogP contribution in [0.2, 0.25) is 0 Å². The number of carboxylic acid groups (broad SMARTS) is 1. The van der Waals surface area contributed by atoms with Crippen LogP contribution in [0.4, 0.5) is 5.69 Å². The number of hydrogen-bond donors (Lipinski definition) is 5. The Kier molecular flexibility index (Phi) is 4.61. The molecule has 5 N–H and O–H groups in total.